The Labute approximate surface area is 123 Å². The Morgan fingerprint density at radius 2 is 2.28 bits per heavy atom. The van der Waals surface area contributed by atoms with Crippen LogP contribution < -0.4 is 5.32 Å². The summed E-state index contributed by atoms with van der Waals surface area (Å²) in [5.41, 5.74) is -0.480. The first kappa shape index (κ1) is 12.6. The van der Waals surface area contributed by atoms with Gasteiger partial charge in [-0.3, -0.25) is 0 Å². The lowest BCUT2D eigenvalue weighted by Gasteiger charge is -2.33. The fourth-order valence-corrected chi connectivity index (χ4v) is 3.80. The van der Waals surface area contributed by atoms with Gasteiger partial charge in [0.25, 0.3) is 0 Å². The molecule has 1 fully saturated rings. The largest absolute Gasteiger partial charge is 0.390 e. The second kappa shape index (κ2) is 4.61. The number of fused-ring (bicyclic) bond motifs is 1. The molecule has 1 saturated carbocycles. The molecule has 1 aliphatic carbocycles. The molecule has 1 aliphatic rings. The summed E-state index contributed by atoms with van der Waals surface area (Å²) >= 11 is 3.76. The first-order chi connectivity index (χ1) is 8.52. The van der Waals surface area contributed by atoms with Crippen molar-refractivity contribution in [1.29, 1.82) is 0 Å². The molecule has 2 N–H and O–H groups in total. The number of nitrogens with one attached hydrogen (secondary N) is 1. The maximum atomic E-state index is 9.91. The molecule has 18 heavy (non-hydrogen) atoms. The minimum absolute atomic E-state index is 0.417. The summed E-state index contributed by atoms with van der Waals surface area (Å²) in [6.45, 7) is 1.92. The molecule has 3 rings (SSSR count). The second-order valence-electron chi connectivity index (χ2n) is 5.11. The maximum absolute atomic E-state index is 9.91. The van der Waals surface area contributed by atoms with Gasteiger partial charge in [-0.05, 0) is 55.2 Å². The van der Waals surface area contributed by atoms with Gasteiger partial charge in [0, 0.05) is 6.04 Å². The van der Waals surface area contributed by atoms with Crippen molar-refractivity contribution in [2.75, 3.05) is 5.32 Å². The Bertz CT molecular complexity index is 523. The van der Waals surface area contributed by atoms with E-state index < -0.39 is 5.60 Å². The van der Waals surface area contributed by atoms with E-state index in [1.807, 2.05) is 17.6 Å². The van der Waals surface area contributed by atoms with Crippen molar-refractivity contribution >= 4 is 44.0 Å². The lowest BCUT2D eigenvalue weighted by Crippen LogP contribution is -2.35. The van der Waals surface area contributed by atoms with E-state index in [4.69, 9.17) is 0 Å². The van der Waals surface area contributed by atoms with Crippen LogP contribution in [0.3, 0.4) is 0 Å². The van der Waals surface area contributed by atoms with Crippen LogP contribution in [0.2, 0.25) is 0 Å². The Morgan fingerprint density at radius 1 is 1.56 bits per heavy atom. The molecular formula is C11H15IN4OS. The van der Waals surface area contributed by atoms with Gasteiger partial charge in [0.1, 0.15) is 3.70 Å². The lowest BCUT2D eigenvalue weighted by atomic mass is 9.84. The van der Waals surface area contributed by atoms with Gasteiger partial charge < -0.3 is 10.4 Å². The highest BCUT2D eigenvalue weighted by molar-refractivity contribution is 14.1. The normalized spacial score (nSPS) is 28.7. The summed E-state index contributed by atoms with van der Waals surface area (Å²) < 4.78 is 2.78. The zero-order valence-electron chi connectivity index (χ0n) is 10.1. The standard InChI is InChI=1S/C11H15IN4OS/c1-11(17)4-2-7(3-5-11)13-9-15-16-6-8(12)14-10(16)18-9/h6-7,17H,2-5H2,1H3,(H,13,15). The summed E-state index contributed by atoms with van der Waals surface area (Å²) in [5, 5.41) is 18.7. The van der Waals surface area contributed by atoms with E-state index in [-0.39, 0.29) is 0 Å². The third-order valence-electron chi connectivity index (χ3n) is 3.40. The number of hydrogen-bond acceptors (Lipinski definition) is 5. The number of halogens is 1. The number of nitrogens with zero attached hydrogens (tertiary/aromatic N) is 3. The van der Waals surface area contributed by atoms with Crippen LogP contribution in [0, 0.1) is 3.70 Å². The summed E-state index contributed by atoms with van der Waals surface area (Å²) in [6, 6.07) is 0.417. The van der Waals surface area contributed by atoms with Crippen LogP contribution >= 0.6 is 33.9 Å². The van der Waals surface area contributed by atoms with E-state index in [2.05, 4.69) is 38.0 Å². The summed E-state index contributed by atoms with van der Waals surface area (Å²) in [4.78, 5) is 5.30. The van der Waals surface area contributed by atoms with Gasteiger partial charge in [-0.2, -0.15) is 0 Å². The van der Waals surface area contributed by atoms with Crippen molar-refractivity contribution in [1.82, 2.24) is 14.6 Å². The number of anilines is 1. The van der Waals surface area contributed by atoms with Crippen molar-refractivity contribution < 1.29 is 5.11 Å². The Balaban J connectivity index is 1.67. The minimum Gasteiger partial charge on any atom is -0.390 e. The van der Waals surface area contributed by atoms with Crippen LogP contribution in [-0.4, -0.2) is 31.3 Å². The van der Waals surface area contributed by atoms with Crippen molar-refractivity contribution in [3.8, 4) is 0 Å². The molecule has 0 amide bonds. The minimum atomic E-state index is -0.480. The number of aromatic nitrogens is 3. The highest BCUT2D eigenvalue weighted by Crippen LogP contribution is 2.30. The SMILES string of the molecule is CC1(O)CCC(Nc2nn3cc(I)nc3s2)CC1. The molecule has 0 spiro atoms. The highest BCUT2D eigenvalue weighted by Gasteiger charge is 2.28. The van der Waals surface area contributed by atoms with Gasteiger partial charge in [0.2, 0.25) is 10.1 Å². The molecule has 7 heteroatoms. The van der Waals surface area contributed by atoms with E-state index >= 15 is 0 Å². The van der Waals surface area contributed by atoms with Gasteiger partial charge in [0.05, 0.1) is 11.8 Å². The average Bonchev–Trinajstić information content (AvgIpc) is 2.78. The first-order valence-electron chi connectivity index (χ1n) is 6.02. The molecule has 5 nitrogen and oxygen atoms in total. The quantitative estimate of drug-likeness (QED) is 0.789. The van der Waals surface area contributed by atoms with Crippen LogP contribution in [0.4, 0.5) is 5.13 Å². The topological polar surface area (TPSA) is 62.5 Å². The average molecular weight is 378 g/mol. The van der Waals surface area contributed by atoms with E-state index in [0.717, 1.165) is 39.5 Å². The molecule has 0 bridgehead atoms. The van der Waals surface area contributed by atoms with E-state index in [1.165, 1.54) is 0 Å². The Morgan fingerprint density at radius 3 is 2.94 bits per heavy atom. The predicted molar refractivity (Wildman–Crippen MR) is 80.1 cm³/mol. The number of aliphatic hydroxyl groups is 1. The fourth-order valence-electron chi connectivity index (χ4n) is 2.29. The molecule has 0 unspecified atom stereocenters. The zero-order valence-corrected chi connectivity index (χ0v) is 13.0. The van der Waals surface area contributed by atoms with E-state index in [0.29, 0.717) is 6.04 Å². The van der Waals surface area contributed by atoms with Gasteiger partial charge in [0.15, 0.2) is 0 Å². The van der Waals surface area contributed by atoms with Crippen LogP contribution in [0.1, 0.15) is 32.6 Å². The van der Waals surface area contributed by atoms with Gasteiger partial charge in [-0.15, -0.1) is 5.10 Å². The van der Waals surface area contributed by atoms with Gasteiger partial charge in [-0.25, -0.2) is 9.50 Å². The highest BCUT2D eigenvalue weighted by atomic mass is 127. The summed E-state index contributed by atoms with van der Waals surface area (Å²) in [5.74, 6) is 0. The molecule has 0 aromatic carbocycles. The van der Waals surface area contributed by atoms with Gasteiger partial charge in [-0.1, -0.05) is 11.3 Å². The number of imidazole rings is 1. The molecule has 98 valence electrons. The van der Waals surface area contributed by atoms with Crippen LogP contribution in [0.5, 0.6) is 0 Å². The Kier molecular flexibility index (Phi) is 3.23. The molecule has 0 saturated heterocycles. The van der Waals surface area contributed by atoms with Crippen molar-refractivity contribution in [2.24, 2.45) is 0 Å². The first-order valence-corrected chi connectivity index (χ1v) is 7.92. The molecular weight excluding hydrogens is 363 g/mol. The van der Waals surface area contributed by atoms with Crippen LogP contribution in [-0.2, 0) is 0 Å². The molecule has 0 aliphatic heterocycles. The number of hydrogen-bond donors (Lipinski definition) is 2. The monoisotopic (exact) mass is 378 g/mol. The fraction of sp³-hybridized carbons (Fsp3) is 0.636. The summed E-state index contributed by atoms with van der Waals surface area (Å²) in [7, 11) is 0. The maximum Gasteiger partial charge on any atom is 0.214 e. The molecule has 2 aromatic heterocycles. The second-order valence-corrected chi connectivity index (χ2v) is 7.17. The van der Waals surface area contributed by atoms with Crippen molar-refractivity contribution in [3.63, 3.8) is 0 Å². The zero-order chi connectivity index (χ0) is 12.8. The van der Waals surface area contributed by atoms with Gasteiger partial charge >= 0.3 is 0 Å². The van der Waals surface area contributed by atoms with E-state index in [9.17, 15) is 5.11 Å². The van der Waals surface area contributed by atoms with Crippen molar-refractivity contribution in [3.05, 3.63) is 9.90 Å². The molecule has 0 radical (unpaired) electrons. The van der Waals surface area contributed by atoms with Crippen LogP contribution in [0.25, 0.3) is 4.96 Å². The van der Waals surface area contributed by atoms with E-state index in [1.54, 1.807) is 11.3 Å². The number of rotatable bonds is 2. The third kappa shape index (κ3) is 2.62. The Hall–Kier alpha value is -0.410. The smallest absolute Gasteiger partial charge is 0.214 e. The predicted octanol–water partition coefficient (Wildman–Crippen LogP) is 2.50. The molecule has 0 atom stereocenters. The molecule has 2 aromatic rings. The summed E-state index contributed by atoms with van der Waals surface area (Å²) in [6.07, 6.45) is 5.61. The third-order valence-corrected chi connectivity index (χ3v) is 4.78. The lowest BCUT2D eigenvalue weighted by molar-refractivity contribution is 0.0196. The molecule has 2 heterocycles. The van der Waals surface area contributed by atoms with Crippen LogP contribution in [0.15, 0.2) is 6.20 Å². The van der Waals surface area contributed by atoms with Crippen molar-refractivity contribution in [2.45, 2.75) is 44.2 Å².